The second kappa shape index (κ2) is 16.0. The molecule has 0 unspecified atom stereocenters. The number of esters is 2. The van der Waals surface area contributed by atoms with Crippen molar-refractivity contribution in [2.24, 2.45) is 0 Å². The highest BCUT2D eigenvalue weighted by Gasteiger charge is 2.48. The van der Waals surface area contributed by atoms with E-state index in [1.54, 1.807) is 62.4 Å². The van der Waals surface area contributed by atoms with E-state index in [1.807, 2.05) is 12.1 Å². The van der Waals surface area contributed by atoms with E-state index in [2.05, 4.69) is 21.3 Å². The Labute approximate surface area is 343 Å². The van der Waals surface area contributed by atoms with Gasteiger partial charge in [-0.2, -0.15) is 0 Å². The molecule has 4 aliphatic heterocycles. The third-order valence-electron chi connectivity index (χ3n) is 10.4. The van der Waals surface area contributed by atoms with Crippen LogP contribution in [0.3, 0.4) is 0 Å². The molecule has 2 aromatic rings. The van der Waals surface area contributed by atoms with E-state index in [9.17, 15) is 39.0 Å². The molecule has 0 bridgehead atoms. The van der Waals surface area contributed by atoms with Crippen LogP contribution >= 0.6 is 0 Å². The average Bonchev–Trinajstić information content (AvgIpc) is 3.20. The van der Waals surface area contributed by atoms with Crippen molar-refractivity contribution in [2.45, 2.75) is 62.4 Å². The minimum Gasteiger partial charge on any atom is -0.574 e. The van der Waals surface area contributed by atoms with Crippen LogP contribution in [-0.2, 0) is 59.0 Å². The van der Waals surface area contributed by atoms with E-state index in [-0.39, 0.29) is 36.8 Å². The Hall–Kier alpha value is -7.62. The largest absolute Gasteiger partial charge is 0.574 e. The number of ether oxygens (including phenoxy) is 4. The lowest BCUT2D eigenvalue weighted by molar-refractivity contribution is -0.422. The summed E-state index contributed by atoms with van der Waals surface area (Å²) in [6.45, 7) is 3.34. The zero-order chi connectivity index (χ0) is 42.7. The van der Waals surface area contributed by atoms with E-state index < -0.39 is 81.5 Å². The van der Waals surface area contributed by atoms with Crippen molar-refractivity contribution in [3.63, 3.8) is 0 Å². The van der Waals surface area contributed by atoms with Gasteiger partial charge in [-0.1, -0.05) is 97.1 Å². The zero-order valence-electron chi connectivity index (χ0n) is 32.3. The van der Waals surface area contributed by atoms with Gasteiger partial charge in [-0.25, -0.2) is 9.59 Å². The number of benzene rings is 2. The molecule has 16 nitrogen and oxygen atoms in total. The molecule has 308 valence electrons. The summed E-state index contributed by atoms with van der Waals surface area (Å²) in [7, 11) is 0. The lowest BCUT2D eigenvalue weighted by Crippen LogP contribution is -2.62. The number of carbonyl (C=O) groups is 6. The molecule has 4 N–H and O–H groups in total. The summed E-state index contributed by atoms with van der Waals surface area (Å²) in [4.78, 5) is 76.9. The molecule has 7 rings (SSSR count). The maximum absolute atomic E-state index is 12.9. The minimum atomic E-state index is -1.68. The Bertz CT molecular complexity index is 2190. The first kappa shape index (κ1) is 40.6. The Morgan fingerprint density at radius 3 is 1.13 bits per heavy atom. The minimum absolute atomic E-state index is 0.142. The van der Waals surface area contributed by atoms with Gasteiger partial charge in [0.1, 0.15) is 22.5 Å². The first-order valence-electron chi connectivity index (χ1n) is 18.8. The lowest BCUT2D eigenvalue weighted by atomic mass is 9.87. The zero-order valence-corrected chi connectivity index (χ0v) is 32.3. The third-order valence-corrected chi connectivity index (χ3v) is 10.4. The number of hydrogen-bond donors (Lipinski definition) is 4. The van der Waals surface area contributed by atoms with Crippen molar-refractivity contribution in [1.29, 1.82) is 0 Å². The molecule has 2 aromatic carbocycles. The van der Waals surface area contributed by atoms with Gasteiger partial charge < -0.3 is 50.4 Å². The van der Waals surface area contributed by atoms with Crippen molar-refractivity contribution < 1.29 is 57.9 Å². The number of amides is 4. The maximum atomic E-state index is 12.9. The van der Waals surface area contributed by atoms with Crippen LogP contribution in [0.5, 0.6) is 0 Å². The summed E-state index contributed by atoms with van der Waals surface area (Å²) in [5.41, 5.74) is -1.91. The van der Waals surface area contributed by atoms with Crippen LogP contribution < -0.4 is 31.5 Å². The lowest BCUT2D eigenvalue weighted by Gasteiger charge is -2.53. The van der Waals surface area contributed by atoms with E-state index >= 15 is 0 Å². The van der Waals surface area contributed by atoms with Gasteiger partial charge in [-0.3, -0.25) is 19.2 Å². The van der Waals surface area contributed by atoms with Crippen molar-refractivity contribution in [3.8, 4) is 0 Å². The number of rotatable bonds is 8. The molecule has 60 heavy (non-hydrogen) atoms. The normalized spacial score (nSPS) is 28.4. The highest BCUT2D eigenvalue weighted by Crippen LogP contribution is 2.46. The first-order valence-corrected chi connectivity index (χ1v) is 18.8. The van der Waals surface area contributed by atoms with Gasteiger partial charge in [0, 0.05) is 25.7 Å². The fourth-order valence-electron chi connectivity index (χ4n) is 7.11. The van der Waals surface area contributed by atoms with Crippen molar-refractivity contribution >= 4 is 35.6 Å². The first-order chi connectivity index (χ1) is 28.6. The molecule has 3 fully saturated rings. The second-order valence-corrected chi connectivity index (χ2v) is 14.7. The molecule has 16 heteroatoms. The van der Waals surface area contributed by atoms with Crippen molar-refractivity contribution in [3.05, 3.63) is 167 Å². The van der Waals surface area contributed by atoms with E-state index in [0.717, 1.165) is 12.2 Å². The Kier molecular flexibility index (Phi) is 10.8. The molecule has 2 saturated heterocycles. The monoisotopic (exact) mass is 814 g/mol. The summed E-state index contributed by atoms with van der Waals surface area (Å²) in [6.07, 6.45) is 12.6. The van der Waals surface area contributed by atoms with Gasteiger partial charge in [-0.05, 0) is 49.3 Å². The van der Waals surface area contributed by atoms with E-state index in [0.29, 0.717) is 11.1 Å². The topological polar surface area (TPSA) is 234 Å². The highest BCUT2D eigenvalue weighted by molar-refractivity contribution is 6.21. The number of hydrogen-bond acceptors (Lipinski definition) is 12. The average molecular weight is 815 g/mol. The van der Waals surface area contributed by atoms with Gasteiger partial charge in [0.2, 0.25) is 0 Å². The molecular formula is C44H38N4O12-2. The molecular weight excluding hydrogens is 777 g/mol. The Morgan fingerprint density at radius 1 is 0.483 bits per heavy atom. The molecule has 1 saturated carbocycles. The van der Waals surface area contributed by atoms with Crippen molar-refractivity contribution in [2.75, 3.05) is 0 Å². The summed E-state index contributed by atoms with van der Waals surface area (Å²) >= 11 is 0. The van der Waals surface area contributed by atoms with Crippen LogP contribution in [-0.4, -0.2) is 47.1 Å². The fourth-order valence-corrected chi connectivity index (χ4v) is 7.11. The quantitative estimate of drug-likeness (QED) is 0.129. The molecule has 0 aromatic heterocycles. The van der Waals surface area contributed by atoms with Crippen LogP contribution in [0.25, 0.3) is 0 Å². The van der Waals surface area contributed by atoms with Crippen LogP contribution in [0, 0.1) is 0 Å². The van der Waals surface area contributed by atoms with E-state index in [1.165, 1.54) is 48.6 Å². The molecule has 5 aliphatic rings. The summed E-state index contributed by atoms with van der Waals surface area (Å²) in [5, 5.41) is 37.0. The van der Waals surface area contributed by atoms with Crippen LogP contribution in [0.2, 0.25) is 0 Å². The Balaban J connectivity index is 0.917. The van der Waals surface area contributed by atoms with Gasteiger partial charge in [0.05, 0.1) is 23.0 Å². The van der Waals surface area contributed by atoms with Gasteiger partial charge in [0.15, 0.2) is 11.6 Å². The number of carbonyl (C=O) groups excluding carboxylic acids is 6. The van der Waals surface area contributed by atoms with Crippen molar-refractivity contribution in [1.82, 2.24) is 21.3 Å². The molecule has 1 aliphatic carbocycles. The molecule has 2 spiro atoms. The van der Waals surface area contributed by atoms with Gasteiger partial charge in [0.25, 0.3) is 23.6 Å². The molecule has 0 atom stereocenters. The predicted molar refractivity (Wildman–Crippen MR) is 205 cm³/mol. The summed E-state index contributed by atoms with van der Waals surface area (Å²) in [5.74, 6) is -9.56. The fraction of sp³-hybridized carbons (Fsp3) is 0.227. The standard InChI is InChI=1S/C44H40N4O12/c1-41(27-15-7-3-8-16-27)45-33(49)29(34(50)46-41)19-11-5-13-21-31-37(53)57-43(58-38(31)54)23-25-44(26-24-43)59-39(55)32(40(56)60-44)22-14-6-12-20-30-35(51)47-42(2,48-36(30)52)28-17-9-4-10-18-28/h3-22,53,55H,23-26H2,1-2H3,(H,45,49)(H,46,50)(H,47,51)(H,48,52)/p-2/b11-5+,12-6+,21-13+,22-14+,29-19?,30-20?. The number of allylic oxidation sites excluding steroid dienone is 8. The SMILES string of the molecule is CC1(c2ccccc2)NC(=O)C(=C/C=C/C=C/C2=C([O-])OC3(CCC4(CC3)OC(=O)C(/C=C/C=C/C=C3C(=O)NC(C)(c5ccccc5)NC3=O)=C([O-])O4)OC2=O)C(=O)N1. The Morgan fingerprint density at radius 2 is 0.817 bits per heavy atom. The van der Waals surface area contributed by atoms with Gasteiger partial charge in [-0.15, -0.1) is 0 Å². The molecule has 0 radical (unpaired) electrons. The number of nitrogens with one attached hydrogen (secondary N) is 4. The van der Waals surface area contributed by atoms with Crippen LogP contribution in [0.15, 0.2) is 156 Å². The van der Waals surface area contributed by atoms with E-state index in [4.69, 9.17) is 18.9 Å². The maximum Gasteiger partial charge on any atom is 0.341 e. The molecule has 4 amide bonds. The third kappa shape index (κ3) is 8.20. The molecule has 4 heterocycles. The van der Waals surface area contributed by atoms with Crippen LogP contribution in [0.4, 0.5) is 0 Å². The van der Waals surface area contributed by atoms with Crippen LogP contribution in [0.1, 0.15) is 50.7 Å². The summed E-state index contributed by atoms with van der Waals surface area (Å²) in [6, 6.07) is 17.9. The predicted octanol–water partition coefficient (Wildman–Crippen LogP) is 1.56. The highest BCUT2D eigenvalue weighted by atomic mass is 16.8. The van der Waals surface area contributed by atoms with Gasteiger partial charge >= 0.3 is 11.9 Å². The second-order valence-electron chi connectivity index (χ2n) is 14.7. The summed E-state index contributed by atoms with van der Waals surface area (Å²) < 4.78 is 22.1. The smallest absolute Gasteiger partial charge is 0.341 e.